The van der Waals surface area contributed by atoms with Crippen LogP contribution in [0.15, 0.2) is 24.3 Å². The van der Waals surface area contributed by atoms with Gasteiger partial charge in [-0.3, -0.25) is 4.79 Å². The number of rotatable bonds is 2. The van der Waals surface area contributed by atoms with Gasteiger partial charge in [-0.2, -0.15) is 0 Å². The molecular weight excluding hydrogens is 210 g/mol. The van der Waals surface area contributed by atoms with Gasteiger partial charge in [0.05, 0.1) is 0 Å². The number of nitrogens with zero attached hydrogens (tertiary/aromatic N) is 1. The lowest BCUT2D eigenvalue weighted by Crippen LogP contribution is -2.23. The van der Waals surface area contributed by atoms with Gasteiger partial charge in [0.15, 0.2) is 5.11 Å². The van der Waals surface area contributed by atoms with Gasteiger partial charge >= 0.3 is 0 Å². The summed E-state index contributed by atoms with van der Waals surface area (Å²) in [5.41, 5.74) is 6.92. The zero-order chi connectivity index (χ0) is 11.4. The predicted octanol–water partition coefficient (Wildman–Crippen LogP) is 1.32. The maximum atomic E-state index is 11.1. The molecule has 80 valence electrons. The number of amides is 1. The highest BCUT2D eigenvalue weighted by molar-refractivity contribution is 7.80. The van der Waals surface area contributed by atoms with Gasteiger partial charge in [0.25, 0.3) is 0 Å². The molecule has 0 bridgehead atoms. The molecule has 0 saturated heterocycles. The Hall–Kier alpha value is -1.62. The molecule has 1 amide bonds. The summed E-state index contributed by atoms with van der Waals surface area (Å²) in [6.07, 6.45) is 0. The molecule has 3 N–H and O–H groups in total. The number of nitrogens with one attached hydrogen (secondary N) is 1. The quantitative estimate of drug-likeness (QED) is 0.742. The van der Waals surface area contributed by atoms with Crippen molar-refractivity contribution < 1.29 is 4.79 Å². The van der Waals surface area contributed by atoms with E-state index in [-0.39, 0.29) is 11.0 Å². The molecule has 1 rings (SSSR count). The smallest absolute Gasteiger partial charge is 0.223 e. The summed E-state index contributed by atoms with van der Waals surface area (Å²) in [7, 11) is 1.71. The molecule has 15 heavy (non-hydrogen) atoms. The van der Waals surface area contributed by atoms with Crippen LogP contribution >= 0.6 is 12.2 Å². The summed E-state index contributed by atoms with van der Waals surface area (Å²) in [4.78, 5) is 12.7. The molecule has 0 aliphatic heterocycles. The highest BCUT2D eigenvalue weighted by Crippen LogP contribution is 2.18. The van der Waals surface area contributed by atoms with Crippen LogP contribution in [0.1, 0.15) is 6.92 Å². The highest BCUT2D eigenvalue weighted by atomic mass is 32.1. The largest absolute Gasteiger partial charge is 0.376 e. The van der Waals surface area contributed by atoms with E-state index in [0.29, 0.717) is 0 Å². The Morgan fingerprint density at radius 2 is 2.20 bits per heavy atom. The third kappa shape index (κ3) is 3.21. The Morgan fingerprint density at radius 1 is 1.53 bits per heavy atom. The van der Waals surface area contributed by atoms with E-state index in [4.69, 9.17) is 18.0 Å². The van der Waals surface area contributed by atoms with Crippen molar-refractivity contribution in [3.05, 3.63) is 24.3 Å². The second kappa shape index (κ2) is 4.75. The zero-order valence-corrected chi connectivity index (χ0v) is 9.47. The maximum absolute atomic E-state index is 11.1. The van der Waals surface area contributed by atoms with Crippen molar-refractivity contribution in [2.24, 2.45) is 5.73 Å². The van der Waals surface area contributed by atoms with E-state index < -0.39 is 0 Å². The molecule has 0 aliphatic carbocycles. The van der Waals surface area contributed by atoms with Crippen molar-refractivity contribution in [2.75, 3.05) is 17.3 Å². The Bertz CT molecular complexity index is 392. The fourth-order valence-corrected chi connectivity index (χ4v) is 1.23. The summed E-state index contributed by atoms with van der Waals surface area (Å²) >= 11 is 4.72. The van der Waals surface area contributed by atoms with E-state index in [1.807, 2.05) is 18.2 Å². The van der Waals surface area contributed by atoms with E-state index in [0.717, 1.165) is 11.4 Å². The van der Waals surface area contributed by atoms with E-state index in [9.17, 15) is 4.79 Å². The summed E-state index contributed by atoms with van der Waals surface area (Å²) in [5.74, 6) is -0.0255. The number of carbonyl (C=O) groups is 1. The summed E-state index contributed by atoms with van der Waals surface area (Å²) in [6, 6.07) is 7.30. The SMILES string of the molecule is CC(=O)N(C)c1cccc(NC(N)=S)c1. The van der Waals surface area contributed by atoms with Crippen molar-refractivity contribution in [3.8, 4) is 0 Å². The normalized spacial score (nSPS) is 9.47. The molecule has 0 saturated carbocycles. The third-order valence-corrected chi connectivity index (χ3v) is 2.08. The number of carbonyl (C=O) groups excluding carboxylic acids is 1. The van der Waals surface area contributed by atoms with Crippen LogP contribution in [0.25, 0.3) is 0 Å². The van der Waals surface area contributed by atoms with Crippen LogP contribution in [0.5, 0.6) is 0 Å². The van der Waals surface area contributed by atoms with Crippen molar-refractivity contribution in [1.82, 2.24) is 0 Å². The standard InChI is InChI=1S/C10H13N3OS/c1-7(14)13(2)9-5-3-4-8(6-9)12-10(11)15/h3-6H,1-2H3,(H3,11,12,15). The van der Waals surface area contributed by atoms with Crippen LogP contribution in [-0.2, 0) is 4.79 Å². The molecule has 0 radical (unpaired) electrons. The molecule has 1 aromatic rings. The molecule has 1 aromatic carbocycles. The second-order valence-corrected chi connectivity index (χ2v) is 3.56. The molecule has 0 aliphatic rings. The summed E-state index contributed by atoms with van der Waals surface area (Å²) in [5, 5.41) is 3.02. The van der Waals surface area contributed by atoms with Crippen LogP contribution in [0.2, 0.25) is 0 Å². The minimum absolute atomic E-state index is 0.0255. The minimum atomic E-state index is -0.0255. The fraction of sp³-hybridized carbons (Fsp3) is 0.200. The van der Waals surface area contributed by atoms with E-state index in [2.05, 4.69) is 5.32 Å². The van der Waals surface area contributed by atoms with Gasteiger partial charge in [-0.05, 0) is 30.4 Å². The topological polar surface area (TPSA) is 58.4 Å². The van der Waals surface area contributed by atoms with Gasteiger partial charge in [0.2, 0.25) is 5.91 Å². The van der Waals surface area contributed by atoms with Gasteiger partial charge in [0, 0.05) is 25.3 Å². The first kappa shape index (κ1) is 11.5. The lowest BCUT2D eigenvalue weighted by atomic mass is 10.2. The second-order valence-electron chi connectivity index (χ2n) is 3.12. The molecule has 0 fully saturated rings. The predicted molar refractivity (Wildman–Crippen MR) is 65.9 cm³/mol. The molecule has 0 unspecified atom stereocenters. The summed E-state index contributed by atoms with van der Waals surface area (Å²) < 4.78 is 0. The number of hydrogen-bond acceptors (Lipinski definition) is 2. The average molecular weight is 223 g/mol. The van der Waals surface area contributed by atoms with E-state index in [1.165, 1.54) is 6.92 Å². The highest BCUT2D eigenvalue weighted by Gasteiger charge is 2.05. The first-order valence-corrected chi connectivity index (χ1v) is 4.82. The van der Waals surface area contributed by atoms with Gasteiger partial charge in [-0.25, -0.2) is 0 Å². The van der Waals surface area contributed by atoms with Gasteiger partial charge < -0.3 is 16.0 Å². The summed E-state index contributed by atoms with van der Waals surface area (Å²) in [6.45, 7) is 1.51. The van der Waals surface area contributed by atoms with Crippen molar-refractivity contribution in [3.63, 3.8) is 0 Å². The van der Waals surface area contributed by atoms with Gasteiger partial charge in [-0.1, -0.05) is 6.07 Å². The molecule has 0 atom stereocenters. The molecule has 0 heterocycles. The molecular formula is C10H13N3OS. The Kier molecular flexibility index (Phi) is 3.62. The number of anilines is 2. The monoisotopic (exact) mass is 223 g/mol. The number of benzene rings is 1. The number of hydrogen-bond donors (Lipinski definition) is 2. The minimum Gasteiger partial charge on any atom is -0.376 e. The molecule has 4 nitrogen and oxygen atoms in total. The molecule has 5 heteroatoms. The van der Waals surface area contributed by atoms with Crippen LogP contribution in [-0.4, -0.2) is 18.1 Å². The zero-order valence-electron chi connectivity index (χ0n) is 8.65. The Morgan fingerprint density at radius 3 is 2.73 bits per heavy atom. The van der Waals surface area contributed by atoms with Crippen LogP contribution < -0.4 is 16.0 Å². The Labute approximate surface area is 94.1 Å². The van der Waals surface area contributed by atoms with E-state index in [1.54, 1.807) is 18.0 Å². The molecule has 0 spiro atoms. The van der Waals surface area contributed by atoms with Crippen LogP contribution in [0, 0.1) is 0 Å². The maximum Gasteiger partial charge on any atom is 0.223 e. The van der Waals surface area contributed by atoms with Crippen LogP contribution in [0.3, 0.4) is 0 Å². The lowest BCUT2D eigenvalue weighted by Gasteiger charge is -2.16. The van der Waals surface area contributed by atoms with Gasteiger partial charge in [0.1, 0.15) is 0 Å². The van der Waals surface area contributed by atoms with Crippen LogP contribution in [0.4, 0.5) is 11.4 Å². The van der Waals surface area contributed by atoms with Crippen molar-refractivity contribution in [2.45, 2.75) is 6.92 Å². The third-order valence-electron chi connectivity index (χ3n) is 1.97. The van der Waals surface area contributed by atoms with E-state index >= 15 is 0 Å². The van der Waals surface area contributed by atoms with Crippen molar-refractivity contribution in [1.29, 1.82) is 0 Å². The van der Waals surface area contributed by atoms with Gasteiger partial charge in [-0.15, -0.1) is 0 Å². The fourth-order valence-electron chi connectivity index (χ4n) is 1.12. The average Bonchev–Trinajstić information content (AvgIpc) is 2.16. The number of thiocarbonyl (C=S) groups is 1. The Balaban J connectivity index is 2.92. The first-order chi connectivity index (χ1) is 7.00. The number of nitrogens with two attached hydrogens (primary N) is 1. The first-order valence-electron chi connectivity index (χ1n) is 4.41. The lowest BCUT2D eigenvalue weighted by molar-refractivity contribution is -0.116. The molecule has 0 aromatic heterocycles. The van der Waals surface area contributed by atoms with Crippen molar-refractivity contribution >= 4 is 34.6 Å².